The van der Waals surface area contributed by atoms with Crippen LogP contribution in [0.4, 0.5) is 0 Å². The van der Waals surface area contributed by atoms with Crippen LogP contribution in [0.5, 0.6) is 0 Å². The molecule has 0 amide bonds. The van der Waals surface area contributed by atoms with Gasteiger partial charge in [0, 0.05) is 11.8 Å². The highest BCUT2D eigenvalue weighted by Gasteiger charge is 2.33. The molecule has 0 N–H and O–H groups in total. The Hall–Kier alpha value is -2.74. The normalized spacial score (nSPS) is 25.5. The molecule has 29 heavy (non-hydrogen) atoms. The summed E-state index contributed by atoms with van der Waals surface area (Å²) in [5.74, 6) is 0.492. The fourth-order valence-electron chi connectivity index (χ4n) is 4.69. The highest BCUT2D eigenvalue weighted by molar-refractivity contribution is 6.04. The van der Waals surface area contributed by atoms with Crippen molar-refractivity contribution in [3.63, 3.8) is 0 Å². The lowest BCUT2D eigenvalue weighted by molar-refractivity contribution is -0.124. The fraction of sp³-hybridized carbons (Fsp3) is 0.333. The Balaban J connectivity index is 1.46. The smallest absolute Gasteiger partial charge is 0.161 e. The average Bonchev–Trinajstić information content (AvgIpc) is 2.75. The standard InChI is InChI=1S/C27H28O2/c28-26-22(17-20-9-3-1-4-10-20)13-7-15-24(26)19-25-16-8-14-23(27(25)29)18-21-11-5-2-6-12-21/h1-6,9-12,17-18,24-25H,7-8,13-16,19H2. The Labute approximate surface area is 173 Å². The summed E-state index contributed by atoms with van der Waals surface area (Å²) in [5, 5.41) is 0. The molecule has 0 spiro atoms. The largest absolute Gasteiger partial charge is 0.294 e. The van der Waals surface area contributed by atoms with E-state index in [1.165, 1.54) is 0 Å². The summed E-state index contributed by atoms with van der Waals surface area (Å²) < 4.78 is 0. The van der Waals surface area contributed by atoms with Gasteiger partial charge in [-0.2, -0.15) is 0 Å². The number of allylic oxidation sites excluding steroid dienone is 2. The van der Waals surface area contributed by atoms with Crippen LogP contribution in [0.2, 0.25) is 0 Å². The van der Waals surface area contributed by atoms with Gasteiger partial charge in [0.05, 0.1) is 0 Å². The number of ketones is 2. The Morgan fingerprint density at radius 1 is 0.655 bits per heavy atom. The highest BCUT2D eigenvalue weighted by atomic mass is 16.1. The molecule has 0 heterocycles. The molecule has 2 aliphatic carbocycles. The minimum atomic E-state index is -0.0104. The predicted octanol–water partition coefficient (Wildman–Crippen LogP) is 6.28. The number of carbonyl (C=O) groups is 2. The van der Waals surface area contributed by atoms with Gasteiger partial charge >= 0.3 is 0 Å². The lowest BCUT2D eigenvalue weighted by Gasteiger charge is -2.29. The molecule has 2 fully saturated rings. The maximum atomic E-state index is 13.1. The summed E-state index contributed by atoms with van der Waals surface area (Å²) in [7, 11) is 0. The monoisotopic (exact) mass is 384 g/mol. The van der Waals surface area contributed by atoms with Gasteiger partial charge in [-0.15, -0.1) is 0 Å². The van der Waals surface area contributed by atoms with Gasteiger partial charge in [0.2, 0.25) is 0 Å². The summed E-state index contributed by atoms with van der Waals surface area (Å²) >= 11 is 0. The molecule has 2 unspecified atom stereocenters. The second-order valence-electron chi connectivity index (χ2n) is 8.30. The number of benzene rings is 2. The Morgan fingerprint density at radius 3 is 1.48 bits per heavy atom. The molecule has 148 valence electrons. The molecule has 2 aliphatic rings. The highest BCUT2D eigenvalue weighted by Crippen LogP contribution is 2.36. The number of carbonyl (C=O) groups excluding carboxylic acids is 2. The molecule has 0 bridgehead atoms. The van der Waals surface area contributed by atoms with Gasteiger partial charge in [0.1, 0.15) is 0 Å². The molecule has 0 saturated heterocycles. The van der Waals surface area contributed by atoms with Crippen molar-refractivity contribution in [2.24, 2.45) is 11.8 Å². The maximum absolute atomic E-state index is 13.1. The second kappa shape index (κ2) is 9.17. The third-order valence-corrected chi connectivity index (χ3v) is 6.22. The van der Waals surface area contributed by atoms with E-state index in [9.17, 15) is 9.59 Å². The van der Waals surface area contributed by atoms with Gasteiger partial charge in [0.15, 0.2) is 11.6 Å². The van der Waals surface area contributed by atoms with Gasteiger partial charge in [-0.3, -0.25) is 9.59 Å². The van der Waals surface area contributed by atoms with E-state index in [0.717, 1.165) is 60.8 Å². The lowest BCUT2D eigenvalue weighted by Crippen LogP contribution is -2.29. The fourth-order valence-corrected chi connectivity index (χ4v) is 4.69. The molecule has 2 saturated carbocycles. The molecular weight excluding hydrogens is 356 g/mol. The van der Waals surface area contributed by atoms with E-state index < -0.39 is 0 Å². The van der Waals surface area contributed by atoms with E-state index in [1.54, 1.807) is 0 Å². The van der Waals surface area contributed by atoms with E-state index in [1.807, 2.05) is 72.8 Å². The van der Waals surface area contributed by atoms with E-state index >= 15 is 0 Å². The first-order valence-electron chi connectivity index (χ1n) is 10.8. The molecular formula is C27H28O2. The third-order valence-electron chi connectivity index (χ3n) is 6.22. The van der Waals surface area contributed by atoms with Crippen molar-refractivity contribution in [2.75, 3.05) is 0 Å². The van der Waals surface area contributed by atoms with E-state index in [-0.39, 0.29) is 23.4 Å². The predicted molar refractivity (Wildman–Crippen MR) is 118 cm³/mol. The first-order valence-corrected chi connectivity index (χ1v) is 10.8. The molecule has 4 rings (SSSR count). The van der Waals surface area contributed by atoms with Crippen molar-refractivity contribution >= 4 is 23.7 Å². The first kappa shape index (κ1) is 19.6. The van der Waals surface area contributed by atoms with Crippen LogP contribution in [-0.2, 0) is 9.59 Å². The van der Waals surface area contributed by atoms with Gasteiger partial charge < -0.3 is 0 Å². The van der Waals surface area contributed by atoms with Crippen molar-refractivity contribution < 1.29 is 9.59 Å². The summed E-state index contributed by atoms with van der Waals surface area (Å²) in [6.45, 7) is 0. The van der Waals surface area contributed by atoms with E-state index in [4.69, 9.17) is 0 Å². The van der Waals surface area contributed by atoms with Gasteiger partial charge in [-0.05, 0) is 79.4 Å². The number of rotatable bonds is 4. The third kappa shape index (κ3) is 4.82. The lowest BCUT2D eigenvalue weighted by atomic mass is 9.73. The minimum absolute atomic E-state index is 0.0104. The molecule has 2 aromatic rings. The Bertz CT molecular complexity index is 844. The molecule has 2 aromatic carbocycles. The van der Waals surface area contributed by atoms with Crippen molar-refractivity contribution in [2.45, 2.75) is 44.9 Å². The Kier molecular flexibility index (Phi) is 6.19. The van der Waals surface area contributed by atoms with Crippen LogP contribution in [0.1, 0.15) is 56.1 Å². The van der Waals surface area contributed by atoms with Crippen LogP contribution in [0.3, 0.4) is 0 Å². The summed E-state index contributed by atoms with van der Waals surface area (Å²) in [4.78, 5) is 26.2. The number of Topliss-reactive ketones (excluding diaryl/α,β-unsaturated/α-hetero) is 2. The zero-order chi connectivity index (χ0) is 20.1. The van der Waals surface area contributed by atoms with Crippen LogP contribution < -0.4 is 0 Å². The topological polar surface area (TPSA) is 34.1 Å². The summed E-state index contributed by atoms with van der Waals surface area (Å²) in [5.41, 5.74) is 4.02. The SMILES string of the molecule is O=C1C(=Cc2ccccc2)CCCC1CC1CCCC(=Cc2ccccc2)C1=O. The molecule has 0 aromatic heterocycles. The van der Waals surface area contributed by atoms with Gasteiger partial charge in [0.25, 0.3) is 0 Å². The second-order valence-corrected chi connectivity index (χ2v) is 8.30. The van der Waals surface area contributed by atoms with Crippen LogP contribution in [-0.4, -0.2) is 11.6 Å². The van der Waals surface area contributed by atoms with Gasteiger partial charge in [-0.25, -0.2) is 0 Å². The van der Waals surface area contributed by atoms with Crippen LogP contribution in [0.15, 0.2) is 71.8 Å². The first-order chi connectivity index (χ1) is 14.2. The van der Waals surface area contributed by atoms with Gasteiger partial charge in [-0.1, -0.05) is 60.7 Å². The molecule has 2 heteroatoms. The summed E-state index contributed by atoms with van der Waals surface area (Å²) in [6.07, 6.45) is 10.4. The van der Waals surface area contributed by atoms with Crippen molar-refractivity contribution in [3.8, 4) is 0 Å². The van der Waals surface area contributed by atoms with Crippen LogP contribution in [0.25, 0.3) is 12.2 Å². The van der Waals surface area contributed by atoms with Crippen molar-refractivity contribution in [3.05, 3.63) is 82.9 Å². The molecule has 2 nitrogen and oxygen atoms in total. The van der Waals surface area contributed by atoms with Crippen LogP contribution in [0, 0.1) is 11.8 Å². The van der Waals surface area contributed by atoms with E-state index in [0.29, 0.717) is 6.42 Å². The molecule has 0 radical (unpaired) electrons. The maximum Gasteiger partial charge on any atom is 0.161 e. The number of hydrogen-bond donors (Lipinski definition) is 0. The Morgan fingerprint density at radius 2 is 1.07 bits per heavy atom. The number of hydrogen-bond acceptors (Lipinski definition) is 2. The zero-order valence-corrected chi connectivity index (χ0v) is 16.8. The average molecular weight is 385 g/mol. The summed E-state index contributed by atoms with van der Waals surface area (Å²) in [6, 6.07) is 20.1. The molecule has 2 atom stereocenters. The van der Waals surface area contributed by atoms with Crippen LogP contribution >= 0.6 is 0 Å². The van der Waals surface area contributed by atoms with E-state index in [2.05, 4.69) is 0 Å². The molecule has 0 aliphatic heterocycles. The zero-order valence-electron chi connectivity index (χ0n) is 16.8. The minimum Gasteiger partial charge on any atom is -0.294 e. The van der Waals surface area contributed by atoms with Crippen molar-refractivity contribution in [1.29, 1.82) is 0 Å². The van der Waals surface area contributed by atoms with Crippen molar-refractivity contribution in [1.82, 2.24) is 0 Å². The quantitative estimate of drug-likeness (QED) is 0.581.